The zero-order chi connectivity index (χ0) is 19.9. The summed E-state index contributed by atoms with van der Waals surface area (Å²) in [5.41, 5.74) is 2.37. The van der Waals surface area contributed by atoms with Gasteiger partial charge in [-0.25, -0.2) is 4.68 Å². The summed E-state index contributed by atoms with van der Waals surface area (Å²) in [6, 6.07) is 22.7. The number of carbonyl (C=O) groups is 1. The van der Waals surface area contributed by atoms with Crippen molar-refractivity contribution in [1.29, 1.82) is 0 Å². The van der Waals surface area contributed by atoms with Crippen molar-refractivity contribution in [3.63, 3.8) is 0 Å². The second kappa shape index (κ2) is 9.10. The molecule has 144 valence electrons. The average Bonchev–Trinajstić information content (AvgIpc) is 2.71. The first-order valence-electron chi connectivity index (χ1n) is 9.16. The molecule has 6 heteroatoms. The standard InChI is InChI=1S/C22H24N4O2/c1-25(2)20(18-11-7-4-8-12-18)15-23-21(27)16-26-22(28)14-13-19(24-26)17-9-5-3-6-10-17/h3-14,20H,15-16H2,1-2H3,(H,23,27). The smallest absolute Gasteiger partial charge is 0.267 e. The minimum atomic E-state index is -0.304. The fourth-order valence-electron chi connectivity index (χ4n) is 3.00. The first-order chi connectivity index (χ1) is 13.5. The summed E-state index contributed by atoms with van der Waals surface area (Å²) >= 11 is 0. The lowest BCUT2D eigenvalue weighted by Gasteiger charge is -2.25. The molecular formula is C22H24N4O2. The molecule has 2 aromatic carbocycles. The van der Waals surface area contributed by atoms with Crippen molar-refractivity contribution >= 4 is 5.91 Å². The van der Waals surface area contributed by atoms with Crippen molar-refractivity contribution < 1.29 is 4.79 Å². The van der Waals surface area contributed by atoms with E-state index in [0.717, 1.165) is 11.1 Å². The molecule has 1 unspecified atom stereocenters. The summed E-state index contributed by atoms with van der Waals surface area (Å²) in [6.45, 7) is 0.331. The fourth-order valence-corrected chi connectivity index (χ4v) is 3.00. The SMILES string of the molecule is CN(C)C(CNC(=O)Cn1nc(-c2ccccc2)ccc1=O)c1ccccc1. The van der Waals surface area contributed by atoms with Gasteiger partial charge in [0, 0.05) is 18.2 Å². The first-order valence-corrected chi connectivity index (χ1v) is 9.16. The van der Waals surface area contributed by atoms with Gasteiger partial charge in [-0.05, 0) is 25.7 Å². The van der Waals surface area contributed by atoms with E-state index in [1.165, 1.54) is 10.7 Å². The normalized spacial score (nSPS) is 12.0. The van der Waals surface area contributed by atoms with Crippen LogP contribution in [0.25, 0.3) is 11.3 Å². The Morgan fingerprint density at radius 3 is 2.29 bits per heavy atom. The molecule has 1 atom stereocenters. The van der Waals surface area contributed by atoms with Gasteiger partial charge in [-0.15, -0.1) is 0 Å². The van der Waals surface area contributed by atoms with E-state index >= 15 is 0 Å². The quantitative estimate of drug-likeness (QED) is 0.687. The van der Waals surface area contributed by atoms with Crippen molar-refractivity contribution in [2.75, 3.05) is 20.6 Å². The number of hydrogen-bond donors (Lipinski definition) is 1. The van der Waals surface area contributed by atoms with Crippen molar-refractivity contribution in [3.8, 4) is 11.3 Å². The third-order valence-corrected chi connectivity index (χ3v) is 4.53. The molecule has 0 fully saturated rings. The molecule has 0 spiro atoms. The van der Waals surface area contributed by atoms with Gasteiger partial charge in [-0.2, -0.15) is 5.10 Å². The van der Waals surface area contributed by atoms with Crippen LogP contribution in [0.2, 0.25) is 0 Å². The van der Waals surface area contributed by atoms with Gasteiger partial charge >= 0.3 is 0 Å². The number of likely N-dealkylation sites (N-methyl/N-ethyl adjacent to an activating group) is 1. The second-order valence-electron chi connectivity index (χ2n) is 6.77. The Morgan fingerprint density at radius 1 is 1.00 bits per heavy atom. The third kappa shape index (κ3) is 4.92. The van der Waals surface area contributed by atoms with Gasteiger partial charge in [0.2, 0.25) is 5.91 Å². The summed E-state index contributed by atoms with van der Waals surface area (Å²) < 4.78 is 1.20. The maximum Gasteiger partial charge on any atom is 0.267 e. The van der Waals surface area contributed by atoms with Crippen LogP contribution in [0, 0.1) is 0 Å². The summed E-state index contributed by atoms with van der Waals surface area (Å²) in [5.74, 6) is -0.248. The number of nitrogens with one attached hydrogen (secondary N) is 1. The van der Waals surface area contributed by atoms with Gasteiger partial charge in [0.1, 0.15) is 6.54 Å². The van der Waals surface area contributed by atoms with E-state index in [4.69, 9.17) is 0 Å². The molecule has 3 rings (SSSR count). The Labute approximate surface area is 164 Å². The van der Waals surface area contributed by atoms with Crippen LogP contribution < -0.4 is 10.9 Å². The number of rotatable bonds is 7. The van der Waals surface area contributed by atoms with Crippen LogP contribution in [-0.4, -0.2) is 41.2 Å². The number of carbonyl (C=O) groups excluding carboxylic acids is 1. The monoisotopic (exact) mass is 376 g/mol. The molecule has 0 radical (unpaired) electrons. The Morgan fingerprint density at radius 2 is 1.64 bits per heavy atom. The molecule has 1 heterocycles. The highest BCUT2D eigenvalue weighted by molar-refractivity contribution is 5.75. The second-order valence-corrected chi connectivity index (χ2v) is 6.77. The molecular weight excluding hydrogens is 352 g/mol. The Hall–Kier alpha value is -3.25. The van der Waals surface area contributed by atoms with Crippen LogP contribution in [0.4, 0.5) is 0 Å². The molecule has 0 saturated heterocycles. The van der Waals surface area contributed by atoms with Crippen LogP contribution in [0.3, 0.4) is 0 Å². The third-order valence-electron chi connectivity index (χ3n) is 4.53. The summed E-state index contributed by atoms with van der Waals surface area (Å²) in [5, 5.41) is 7.25. The average molecular weight is 376 g/mol. The minimum absolute atomic E-state index is 0.0467. The van der Waals surface area contributed by atoms with E-state index in [1.54, 1.807) is 6.07 Å². The number of nitrogens with zero attached hydrogens (tertiary/aromatic N) is 3. The molecule has 0 aliphatic heterocycles. The van der Waals surface area contributed by atoms with E-state index in [1.807, 2.05) is 74.8 Å². The van der Waals surface area contributed by atoms with Crippen molar-refractivity contribution in [3.05, 3.63) is 88.7 Å². The molecule has 0 saturated carbocycles. The van der Waals surface area contributed by atoms with Gasteiger partial charge < -0.3 is 10.2 Å². The summed E-state index contributed by atoms with van der Waals surface area (Å²) in [7, 11) is 3.94. The highest BCUT2D eigenvalue weighted by Gasteiger charge is 2.15. The van der Waals surface area contributed by atoms with E-state index < -0.39 is 0 Å². The van der Waals surface area contributed by atoms with E-state index in [-0.39, 0.29) is 24.1 Å². The fraction of sp³-hybridized carbons (Fsp3) is 0.227. The van der Waals surface area contributed by atoms with Gasteiger partial charge in [-0.3, -0.25) is 9.59 Å². The highest BCUT2D eigenvalue weighted by atomic mass is 16.2. The zero-order valence-corrected chi connectivity index (χ0v) is 16.1. The lowest BCUT2D eigenvalue weighted by molar-refractivity contribution is -0.122. The lowest BCUT2D eigenvalue weighted by Crippen LogP contribution is -2.38. The molecule has 0 aliphatic carbocycles. The topological polar surface area (TPSA) is 67.2 Å². The van der Waals surface area contributed by atoms with Crippen LogP contribution in [0.1, 0.15) is 11.6 Å². The molecule has 3 aromatic rings. The number of amides is 1. The van der Waals surface area contributed by atoms with Gasteiger partial charge in [-0.1, -0.05) is 60.7 Å². The van der Waals surface area contributed by atoms with Crippen LogP contribution >= 0.6 is 0 Å². The predicted molar refractivity (Wildman–Crippen MR) is 110 cm³/mol. The summed E-state index contributed by atoms with van der Waals surface area (Å²) in [6.07, 6.45) is 0. The minimum Gasteiger partial charge on any atom is -0.353 e. The molecule has 1 aromatic heterocycles. The molecule has 1 N–H and O–H groups in total. The van der Waals surface area contributed by atoms with Crippen molar-refractivity contribution in [2.24, 2.45) is 0 Å². The molecule has 1 amide bonds. The van der Waals surface area contributed by atoms with Crippen molar-refractivity contribution in [1.82, 2.24) is 20.0 Å². The highest BCUT2D eigenvalue weighted by Crippen LogP contribution is 2.17. The molecule has 0 aliphatic rings. The molecule has 6 nitrogen and oxygen atoms in total. The van der Waals surface area contributed by atoms with E-state index in [2.05, 4.69) is 15.3 Å². The Balaban J connectivity index is 1.68. The molecule has 0 bridgehead atoms. The zero-order valence-electron chi connectivity index (χ0n) is 16.1. The lowest BCUT2D eigenvalue weighted by atomic mass is 10.1. The van der Waals surface area contributed by atoms with Crippen molar-refractivity contribution in [2.45, 2.75) is 12.6 Å². The molecule has 28 heavy (non-hydrogen) atoms. The predicted octanol–water partition coefficient (Wildman–Crippen LogP) is 2.33. The van der Waals surface area contributed by atoms with Crippen LogP contribution in [0.5, 0.6) is 0 Å². The largest absolute Gasteiger partial charge is 0.353 e. The first kappa shape index (κ1) is 19.5. The Bertz CT molecular complexity index is 969. The number of benzene rings is 2. The van der Waals surface area contributed by atoms with E-state index in [0.29, 0.717) is 12.2 Å². The van der Waals surface area contributed by atoms with E-state index in [9.17, 15) is 9.59 Å². The van der Waals surface area contributed by atoms with Gasteiger partial charge in [0.05, 0.1) is 11.7 Å². The van der Waals surface area contributed by atoms with Gasteiger partial charge in [0.15, 0.2) is 0 Å². The maximum absolute atomic E-state index is 12.4. The summed E-state index contributed by atoms with van der Waals surface area (Å²) in [4.78, 5) is 26.6. The maximum atomic E-state index is 12.4. The number of hydrogen-bond acceptors (Lipinski definition) is 4. The van der Waals surface area contributed by atoms with Crippen LogP contribution in [0.15, 0.2) is 77.6 Å². The number of aromatic nitrogens is 2. The van der Waals surface area contributed by atoms with Gasteiger partial charge in [0.25, 0.3) is 5.56 Å². The Kier molecular flexibility index (Phi) is 6.34. The van der Waals surface area contributed by atoms with Crippen LogP contribution in [-0.2, 0) is 11.3 Å².